The predicted molar refractivity (Wildman–Crippen MR) is 108 cm³/mol. The molecular weight excluding hydrogens is 354 g/mol. The number of aromatic nitrogens is 2. The second-order valence-corrected chi connectivity index (χ2v) is 6.64. The Labute approximate surface area is 161 Å². The Morgan fingerprint density at radius 2 is 1.64 bits per heavy atom. The summed E-state index contributed by atoms with van der Waals surface area (Å²) in [7, 11) is 0. The van der Waals surface area contributed by atoms with Gasteiger partial charge in [0.05, 0.1) is 16.6 Å². The molecule has 0 saturated carbocycles. The molecule has 0 saturated heterocycles. The van der Waals surface area contributed by atoms with Crippen molar-refractivity contribution in [3.8, 4) is 0 Å². The highest BCUT2D eigenvalue weighted by molar-refractivity contribution is 5.96. The number of carboxylic acids is 1. The molecule has 0 radical (unpaired) electrons. The summed E-state index contributed by atoms with van der Waals surface area (Å²) in [5.74, 6) is -0.330. The third-order valence-corrected chi connectivity index (χ3v) is 4.67. The number of nitrogens with zero attached hydrogens (tertiary/aromatic N) is 1. The number of fused-ring (bicyclic) bond motifs is 2. The summed E-state index contributed by atoms with van der Waals surface area (Å²) in [6, 6.07) is 18.2. The Hall–Kier alpha value is -3.67. The first kappa shape index (κ1) is 17.7. The zero-order valence-electron chi connectivity index (χ0n) is 15.1. The van der Waals surface area contributed by atoms with E-state index in [0.29, 0.717) is 12.1 Å². The molecule has 0 spiro atoms. The molecule has 0 bridgehead atoms. The maximum atomic E-state index is 12.1. The fraction of sp³-hybridized carbons (Fsp3) is 0.136. The molecule has 28 heavy (non-hydrogen) atoms. The van der Waals surface area contributed by atoms with Crippen LogP contribution in [0.5, 0.6) is 0 Å². The van der Waals surface area contributed by atoms with E-state index in [0.717, 1.165) is 35.1 Å². The lowest BCUT2D eigenvalue weighted by molar-refractivity contribution is 0.0696. The van der Waals surface area contributed by atoms with Gasteiger partial charge in [-0.15, -0.1) is 0 Å². The molecule has 4 aromatic rings. The van der Waals surface area contributed by atoms with Crippen LogP contribution in [0.15, 0.2) is 60.7 Å². The first-order valence-electron chi connectivity index (χ1n) is 9.09. The number of carbonyl (C=O) groups excluding carboxylic acids is 1. The van der Waals surface area contributed by atoms with E-state index in [-0.39, 0.29) is 11.5 Å². The van der Waals surface area contributed by atoms with E-state index < -0.39 is 5.97 Å². The molecule has 6 heteroatoms. The van der Waals surface area contributed by atoms with Crippen molar-refractivity contribution in [1.82, 2.24) is 15.3 Å². The van der Waals surface area contributed by atoms with Crippen molar-refractivity contribution < 1.29 is 14.7 Å². The highest BCUT2D eigenvalue weighted by Gasteiger charge is 2.08. The van der Waals surface area contributed by atoms with Gasteiger partial charge in [-0.2, -0.15) is 0 Å². The van der Waals surface area contributed by atoms with Crippen molar-refractivity contribution in [3.63, 3.8) is 0 Å². The number of hydrogen-bond acceptors (Lipinski definition) is 3. The Balaban J connectivity index is 1.34. The van der Waals surface area contributed by atoms with Crippen molar-refractivity contribution in [1.29, 1.82) is 0 Å². The number of aryl methyl sites for hydroxylation is 1. The molecule has 1 aromatic heterocycles. The molecule has 0 aliphatic heterocycles. The molecule has 0 aliphatic carbocycles. The van der Waals surface area contributed by atoms with Gasteiger partial charge in [0.25, 0.3) is 5.91 Å². The summed E-state index contributed by atoms with van der Waals surface area (Å²) in [6.07, 6.45) is 1.47. The summed E-state index contributed by atoms with van der Waals surface area (Å²) >= 11 is 0. The average Bonchev–Trinajstić information content (AvgIpc) is 3.10. The second-order valence-electron chi connectivity index (χ2n) is 6.64. The summed E-state index contributed by atoms with van der Waals surface area (Å²) in [4.78, 5) is 31.0. The lowest BCUT2D eigenvalue weighted by Gasteiger charge is -2.05. The van der Waals surface area contributed by atoms with Crippen LogP contribution >= 0.6 is 0 Å². The standard InChI is InChI=1S/C22H19N3O3/c26-21(14-7-9-15(10-8-14)22(27)28)23-11-3-6-20-24-18-12-16-4-1-2-5-17(16)13-19(18)25-20/h1-2,4-5,7-10,12-13H,3,6,11H2,(H,23,26)(H,24,25)(H,27,28). The van der Waals surface area contributed by atoms with Crippen LogP contribution in [0, 0.1) is 0 Å². The average molecular weight is 373 g/mol. The monoisotopic (exact) mass is 373 g/mol. The minimum absolute atomic E-state index is 0.161. The molecule has 3 N–H and O–H groups in total. The van der Waals surface area contributed by atoms with Crippen LogP contribution < -0.4 is 5.32 Å². The van der Waals surface area contributed by atoms with E-state index in [1.54, 1.807) is 0 Å². The number of H-pyrrole nitrogens is 1. The molecular formula is C22H19N3O3. The minimum Gasteiger partial charge on any atom is -0.478 e. The zero-order chi connectivity index (χ0) is 19.5. The van der Waals surface area contributed by atoms with Gasteiger partial charge in [-0.05, 0) is 53.6 Å². The molecule has 6 nitrogen and oxygen atoms in total. The van der Waals surface area contributed by atoms with Gasteiger partial charge in [-0.3, -0.25) is 4.79 Å². The Morgan fingerprint density at radius 1 is 0.964 bits per heavy atom. The molecule has 0 unspecified atom stereocenters. The second kappa shape index (κ2) is 7.52. The number of hydrogen-bond donors (Lipinski definition) is 3. The van der Waals surface area contributed by atoms with Crippen LogP contribution in [0.2, 0.25) is 0 Å². The van der Waals surface area contributed by atoms with E-state index >= 15 is 0 Å². The van der Waals surface area contributed by atoms with Crippen molar-refractivity contribution >= 4 is 33.7 Å². The van der Waals surface area contributed by atoms with Crippen LogP contribution in [0.3, 0.4) is 0 Å². The molecule has 1 heterocycles. The summed E-state index contributed by atoms with van der Waals surface area (Å²) in [6.45, 7) is 0.512. The van der Waals surface area contributed by atoms with E-state index in [1.807, 2.05) is 12.1 Å². The van der Waals surface area contributed by atoms with Crippen LogP contribution in [0.1, 0.15) is 33.0 Å². The highest BCUT2D eigenvalue weighted by Crippen LogP contribution is 2.21. The van der Waals surface area contributed by atoms with Crippen molar-refractivity contribution in [3.05, 3.63) is 77.6 Å². The molecule has 3 aromatic carbocycles. The Morgan fingerprint density at radius 3 is 2.36 bits per heavy atom. The number of nitrogens with one attached hydrogen (secondary N) is 2. The lowest BCUT2D eigenvalue weighted by Crippen LogP contribution is -2.24. The van der Waals surface area contributed by atoms with E-state index in [2.05, 4.69) is 39.6 Å². The third-order valence-electron chi connectivity index (χ3n) is 4.67. The van der Waals surface area contributed by atoms with Gasteiger partial charge in [0.15, 0.2) is 0 Å². The summed E-state index contributed by atoms with van der Waals surface area (Å²) in [5.41, 5.74) is 2.56. The number of rotatable bonds is 6. The number of aromatic amines is 1. The quantitative estimate of drug-likeness (QED) is 0.448. The van der Waals surface area contributed by atoms with Gasteiger partial charge in [0.2, 0.25) is 0 Å². The van der Waals surface area contributed by atoms with Crippen molar-refractivity contribution in [2.75, 3.05) is 6.54 Å². The SMILES string of the molecule is O=C(O)c1ccc(C(=O)NCCCc2nc3cc4ccccc4cc3[nH]2)cc1. The molecule has 1 amide bonds. The molecule has 0 aliphatic rings. The van der Waals surface area contributed by atoms with E-state index in [4.69, 9.17) is 5.11 Å². The Bertz CT molecular complexity index is 1110. The number of carboxylic acid groups (broad SMARTS) is 1. The molecule has 4 rings (SSSR count). The molecule has 0 fully saturated rings. The van der Waals surface area contributed by atoms with Crippen LogP contribution in [-0.4, -0.2) is 33.5 Å². The topological polar surface area (TPSA) is 95.1 Å². The first-order chi connectivity index (χ1) is 13.6. The summed E-state index contributed by atoms with van der Waals surface area (Å²) in [5, 5.41) is 14.1. The highest BCUT2D eigenvalue weighted by atomic mass is 16.4. The predicted octanol–water partition coefficient (Wildman–Crippen LogP) is 3.78. The summed E-state index contributed by atoms with van der Waals surface area (Å²) < 4.78 is 0. The maximum absolute atomic E-state index is 12.1. The van der Waals surface area contributed by atoms with Crippen molar-refractivity contribution in [2.45, 2.75) is 12.8 Å². The normalized spacial score (nSPS) is 11.0. The van der Waals surface area contributed by atoms with Crippen molar-refractivity contribution in [2.24, 2.45) is 0 Å². The number of benzene rings is 3. The zero-order valence-corrected chi connectivity index (χ0v) is 15.1. The smallest absolute Gasteiger partial charge is 0.335 e. The van der Waals surface area contributed by atoms with Gasteiger partial charge < -0.3 is 15.4 Å². The third kappa shape index (κ3) is 3.71. The minimum atomic E-state index is -1.01. The Kier molecular flexibility index (Phi) is 4.76. The van der Waals surface area contributed by atoms with E-state index in [9.17, 15) is 9.59 Å². The first-order valence-corrected chi connectivity index (χ1v) is 9.09. The largest absolute Gasteiger partial charge is 0.478 e. The number of carbonyl (C=O) groups is 2. The van der Waals surface area contributed by atoms with Gasteiger partial charge in [-0.1, -0.05) is 24.3 Å². The fourth-order valence-corrected chi connectivity index (χ4v) is 3.19. The van der Waals surface area contributed by atoms with Gasteiger partial charge in [0, 0.05) is 18.5 Å². The molecule has 140 valence electrons. The van der Waals surface area contributed by atoms with Crippen LogP contribution in [0.25, 0.3) is 21.8 Å². The maximum Gasteiger partial charge on any atom is 0.335 e. The van der Waals surface area contributed by atoms with Gasteiger partial charge >= 0.3 is 5.97 Å². The van der Waals surface area contributed by atoms with Crippen LogP contribution in [-0.2, 0) is 6.42 Å². The number of amides is 1. The van der Waals surface area contributed by atoms with Gasteiger partial charge in [-0.25, -0.2) is 9.78 Å². The van der Waals surface area contributed by atoms with E-state index in [1.165, 1.54) is 29.7 Å². The molecule has 0 atom stereocenters. The fourth-order valence-electron chi connectivity index (χ4n) is 3.19. The lowest BCUT2D eigenvalue weighted by atomic mass is 10.1. The number of aromatic carboxylic acids is 1. The number of imidazole rings is 1. The van der Waals surface area contributed by atoms with Crippen LogP contribution in [0.4, 0.5) is 0 Å². The van der Waals surface area contributed by atoms with Gasteiger partial charge in [0.1, 0.15) is 5.82 Å².